The molecule has 0 saturated carbocycles. The van der Waals surface area contributed by atoms with Crippen molar-refractivity contribution in [1.82, 2.24) is 5.32 Å². The fourth-order valence-corrected chi connectivity index (χ4v) is 7.64. The lowest BCUT2D eigenvalue weighted by molar-refractivity contribution is -0.870. The van der Waals surface area contributed by atoms with Crippen LogP contribution in [-0.4, -0.2) is 73.4 Å². The van der Waals surface area contributed by atoms with Gasteiger partial charge in [-0.25, -0.2) is 4.57 Å². The molecule has 1 amide bonds. The quantitative estimate of drug-likeness (QED) is 0.0244. The van der Waals surface area contributed by atoms with Crippen molar-refractivity contribution >= 4 is 13.7 Å². The van der Waals surface area contributed by atoms with Crippen molar-refractivity contribution in [2.45, 2.75) is 219 Å². The molecule has 0 aromatic carbocycles. The molecule has 0 aliphatic rings. The van der Waals surface area contributed by atoms with Crippen LogP contribution in [0.1, 0.15) is 206 Å². The monoisotopic (exact) mass is 864 g/mol. The minimum atomic E-state index is -4.34. The maximum absolute atomic E-state index is 12.9. The molecule has 9 heteroatoms. The van der Waals surface area contributed by atoms with Crippen LogP contribution < -0.4 is 5.32 Å². The number of phosphoric ester groups is 1. The molecule has 3 N–H and O–H groups in total. The van der Waals surface area contributed by atoms with E-state index in [0.717, 1.165) is 57.8 Å². The molecule has 0 bridgehead atoms. The summed E-state index contributed by atoms with van der Waals surface area (Å²) in [5.41, 5.74) is 0. The summed E-state index contributed by atoms with van der Waals surface area (Å²) in [4.78, 5) is 23.2. The van der Waals surface area contributed by atoms with Crippen LogP contribution in [0.25, 0.3) is 0 Å². The molecule has 3 atom stereocenters. The number of allylic oxidation sites excluding steroid dienone is 10. The minimum absolute atomic E-state index is 0.0616. The van der Waals surface area contributed by atoms with Crippen molar-refractivity contribution in [1.29, 1.82) is 0 Å². The summed E-state index contributed by atoms with van der Waals surface area (Å²) >= 11 is 0. The highest BCUT2D eigenvalue weighted by Gasteiger charge is 2.28. The van der Waals surface area contributed by atoms with Crippen molar-refractivity contribution in [2.24, 2.45) is 0 Å². The Morgan fingerprint density at radius 3 is 1.40 bits per heavy atom. The van der Waals surface area contributed by atoms with E-state index >= 15 is 0 Å². The molecule has 0 rings (SSSR count). The van der Waals surface area contributed by atoms with Gasteiger partial charge in [0.25, 0.3) is 0 Å². The number of unbranched alkanes of at least 4 members (excludes halogenated alkanes) is 21. The number of phosphoric acid groups is 1. The Balaban J connectivity index is 4.37. The zero-order valence-electron chi connectivity index (χ0n) is 39.7. The van der Waals surface area contributed by atoms with Crippen LogP contribution in [0.2, 0.25) is 0 Å². The first-order valence-electron chi connectivity index (χ1n) is 24.7. The average molecular weight is 864 g/mol. The summed E-state index contributed by atoms with van der Waals surface area (Å²) in [5.74, 6) is -0.201. The Morgan fingerprint density at radius 1 is 0.583 bits per heavy atom. The number of quaternary nitrogens is 1. The van der Waals surface area contributed by atoms with E-state index in [4.69, 9.17) is 9.05 Å². The summed E-state index contributed by atoms with van der Waals surface area (Å²) in [5, 5.41) is 14.0. The fraction of sp³-hybridized carbons (Fsp3) is 0.784. The highest BCUT2D eigenvalue weighted by molar-refractivity contribution is 7.47. The lowest BCUT2D eigenvalue weighted by Crippen LogP contribution is -2.46. The number of amides is 1. The molecule has 60 heavy (non-hydrogen) atoms. The number of nitrogens with one attached hydrogen (secondary N) is 1. The van der Waals surface area contributed by atoms with Crippen molar-refractivity contribution in [3.05, 3.63) is 60.8 Å². The van der Waals surface area contributed by atoms with Crippen LogP contribution in [0.5, 0.6) is 0 Å². The van der Waals surface area contributed by atoms with Crippen molar-refractivity contribution in [3.8, 4) is 0 Å². The van der Waals surface area contributed by atoms with Gasteiger partial charge in [0.1, 0.15) is 13.2 Å². The number of hydrogen-bond acceptors (Lipinski definition) is 5. The van der Waals surface area contributed by atoms with Gasteiger partial charge >= 0.3 is 7.82 Å². The lowest BCUT2D eigenvalue weighted by Gasteiger charge is -2.26. The van der Waals surface area contributed by atoms with E-state index in [-0.39, 0.29) is 19.1 Å². The second-order valence-electron chi connectivity index (χ2n) is 17.8. The lowest BCUT2D eigenvalue weighted by atomic mass is 10.0. The predicted octanol–water partition coefficient (Wildman–Crippen LogP) is 14.2. The molecule has 8 nitrogen and oxygen atoms in total. The maximum Gasteiger partial charge on any atom is 0.472 e. The zero-order chi connectivity index (χ0) is 44.3. The molecule has 0 radical (unpaired) electrons. The predicted molar refractivity (Wildman–Crippen MR) is 258 cm³/mol. The molecule has 3 unspecified atom stereocenters. The molecule has 350 valence electrons. The van der Waals surface area contributed by atoms with E-state index in [2.05, 4.69) is 79.9 Å². The topological polar surface area (TPSA) is 105 Å². The molecular formula is C51H96N2O6P+. The maximum atomic E-state index is 12.9. The highest BCUT2D eigenvalue weighted by Crippen LogP contribution is 2.43. The molecular weight excluding hydrogens is 768 g/mol. The van der Waals surface area contributed by atoms with E-state index in [1.807, 2.05) is 21.1 Å². The Hall–Kier alpha value is -1.80. The first-order valence-corrected chi connectivity index (χ1v) is 26.1. The van der Waals surface area contributed by atoms with Crippen molar-refractivity contribution < 1.29 is 32.9 Å². The van der Waals surface area contributed by atoms with E-state index in [1.165, 1.54) is 116 Å². The SMILES string of the molecule is CC/C=C\C/C=C\C/C=C\C/C=C\C/C=C\CCCC(=O)NC(COP(=O)(O)OCC[N+](C)(C)C)C(O)CCCCCCCCCCCCCCCCCCCCCCC. The van der Waals surface area contributed by atoms with Gasteiger partial charge in [0, 0.05) is 6.42 Å². The minimum Gasteiger partial charge on any atom is -0.391 e. The summed E-state index contributed by atoms with van der Waals surface area (Å²) in [6.07, 6.45) is 55.5. The standard InChI is InChI=1S/C51H95N2O6P/c1-6-8-10-12-14-16-18-20-22-24-25-26-27-29-30-32-34-36-38-40-42-44-50(54)49(48-59-60(56,57)58-47-46-53(3,4)5)52-51(55)45-43-41-39-37-35-33-31-28-23-21-19-17-15-13-11-9-7-2/h9,11,15,17,21,23,31,33,37,39,49-50,54H,6-8,10,12-14,16,18-20,22,24-30,32,34-36,38,40-48H2,1-5H3,(H-,52,55,56,57)/p+1/b11-9-,17-15-,23-21-,33-31-,39-37-. The fourth-order valence-electron chi connectivity index (χ4n) is 6.91. The van der Waals surface area contributed by atoms with E-state index in [9.17, 15) is 19.4 Å². The molecule has 0 saturated heterocycles. The molecule has 0 aromatic rings. The van der Waals surface area contributed by atoms with Crippen LogP contribution in [0.3, 0.4) is 0 Å². The summed E-state index contributed by atoms with van der Waals surface area (Å²) < 4.78 is 23.7. The Kier molecular flexibility index (Phi) is 41.2. The summed E-state index contributed by atoms with van der Waals surface area (Å²) in [6.45, 7) is 4.73. The van der Waals surface area contributed by atoms with Crippen molar-refractivity contribution in [2.75, 3.05) is 40.9 Å². The number of hydrogen-bond donors (Lipinski definition) is 3. The van der Waals surface area contributed by atoms with Crippen LogP contribution in [0.4, 0.5) is 0 Å². The first-order chi connectivity index (χ1) is 29.0. The largest absolute Gasteiger partial charge is 0.472 e. The summed E-state index contributed by atoms with van der Waals surface area (Å²) in [6, 6.07) is -0.793. The van der Waals surface area contributed by atoms with Gasteiger partial charge in [-0.15, -0.1) is 0 Å². The van der Waals surface area contributed by atoms with Crippen LogP contribution >= 0.6 is 7.82 Å². The number of carbonyl (C=O) groups excluding carboxylic acids is 1. The first kappa shape index (κ1) is 58.2. The highest BCUT2D eigenvalue weighted by atomic mass is 31.2. The van der Waals surface area contributed by atoms with Crippen LogP contribution in [0, 0.1) is 0 Å². The summed E-state index contributed by atoms with van der Waals surface area (Å²) in [7, 11) is 1.57. The molecule has 0 heterocycles. The third-order valence-electron chi connectivity index (χ3n) is 10.8. The van der Waals surface area contributed by atoms with E-state index in [1.54, 1.807) is 0 Å². The number of carbonyl (C=O) groups is 1. The Bertz CT molecular complexity index is 1160. The van der Waals surface area contributed by atoms with E-state index in [0.29, 0.717) is 30.3 Å². The van der Waals surface area contributed by atoms with E-state index < -0.39 is 20.0 Å². The van der Waals surface area contributed by atoms with Crippen LogP contribution in [0.15, 0.2) is 60.8 Å². The number of aliphatic hydroxyl groups is 1. The molecule has 0 aromatic heterocycles. The Morgan fingerprint density at radius 2 is 0.983 bits per heavy atom. The van der Waals surface area contributed by atoms with Gasteiger partial charge in [-0.3, -0.25) is 13.8 Å². The van der Waals surface area contributed by atoms with Crippen LogP contribution in [-0.2, 0) is 18.4 Å². The van der Waals surface area contributed by atoms with Gasteiger partial charge in [0.15, 0.2) is 0 Å². The zero-order valence-corrected chi connectivity index (χ0v) is 40.6. The average Bonchev–Trinajstić information content (AvgIpc) is 3.20. The molecule has 0 aliphatic heterocycles. The van der Waals surface area contributed by atoms with Gasteiger partial charge in [0.2, 0.25) is 5.91 Å². The van der Waals surface area contributed by atoms with Gasteiger partial charge in [0.05, 0.1) is 39.9 Å². The second kappa shape index (κ2) is 42.5. The number of rotatable bonds is 44. The molecule has 0 spiro atoms. The van der Waals surface area contributed by atoms with Crippen molar-refractivity contribution in [3.63, 3.8) is 0 Å². The third-order valence-corrected chi connectivity index (χ3v) is 11.8. The molecule has 0 fully saturated rings. The van der Waals surface area contributed by atoms with Gasteiger partial charge in [-0.1, -0.05) is 209 Å². The normalized spacial score (nSPS) is 14.7. The third kappa shape index (κ3) is 44.3. The van der Waals surface area contributed by atoms with Gasteiger partial charge < -0.3 is 19.8 Å². The van der Waals surface area contributed by atoms with Gasteiger partial charge in [-0.2, -0.15) is 0 Å². The molecule has 0 aliphatic carbocycles. The number of nitrogens with zero attached hydrogens (tertiary/aromatic N) is 1. The second-order valence-corrected chi connectivity index (χ2v) is 19.3. The number of likely N-dealkylation sites (N-methyl/N-ethyl adjacent to an activating group) is 1. The number of aliphatic hydroxyl groups excluding tert-OH is 1. The smallest absolute Gasteiger partial charge is 0.391 e. The van der Waals surface area contributed by atoms with Gasteiger partial charge in [-0.05, 0) is 51.4 Å². The Labute approximate surface area is 371 Å².